The summed E-state index contributed by atoms with van der Waals surface area (Å²) in [4.78, 5) is 10.4. The number of hydrogen-bond donors (Lipinski definition) is 4. The Morgan fingerprint density at radius 3 is 2.00 bits per heavy atom. The van der Waals surface area contributed by atoms with Gasteiger partial charge in [0, 0.05) is 12.0 Å². The third kappa shape index (κ3) is 6.70. The topological polar surface area (TPSA) is 107 Å². The zero-order valence-electron chi connectivity index (χ0n) is 12.1. The molecular weight excluding hydrogens is 263 g/mol. The smallest absolute Gasteiger partial charge is 0.485 e. The number of rotatable bonds is 3. The lowest BCUT2D eigenvalue weighted by molar-refractivity contribution is -0.120. The van der Waals surface area contributed by atoms with Crippen molar-refractivity contribution >= 4 is 13.3 Å². The molecule has 20 heavy (non-hydrogen) atoms. The van der Waals surface area contributed by atoms with Gasteiger partial charge in [-0.25, -0.2) is 4.79 Å². The molecule has 0 spiro atoms. The Bertz CT molecular complexity index is 422. The van der Waals surface area contributed by atoms with Gasteiger partial charge in [0.15, 0.2) is 0 Å². The van der Waals surface area contributed by atoms with Crippen molar-refractivity contribution in [1.29, 1.82) is 0 Å². The quantitative estimate of drug-likeness (QED) is 0.432. The molecule has 0 saturated carbocycles. The van der Waals surface area contributed by atoms with Crippen LogP contribution in [0, 0.1) is 0 Å². The standard InChI is InChI=1S/C13H18O3.BH3O3/c1-12(2,15)13(3,4)16-11-7-5-10(9-14)6-8-11;2-1(3)4/h5,7-8,15H,6H2,1-4H3;2-4H. The van der Waals surface area contributed by atoms with Crippen molar-refractivity contribution in [3.63, 3.8) is 0 Å². The molecule has 1 rings (SSSR count). The molecule has 4 N–H and O–H groups in total. The van der Waals surface area contributed by atoms with E-state index in [-0.39, 0.29) is 0 Å². The summed E-state index contributed by atoms with van der Waals surface area (Å²) in [6, 6.07) is 0. The van der Waals surface area contributed by atoms with E-state index in [0.717, 1.165) is 0 Å². The third-order valence-corrected chi connectivity index (χ3v) is 2.95. The first-order valence-corrected chi connectivity index (χ1v) is 6.07. The maximum atomic E-state index is 10.4. The molecule has 0 unspecified atom stereocenters. The van der Waals surface area contributed by atoms with E-state index >= 15 is 0 Å². The van der Waals surface area contributed by atoms with Gasteiger partial charge in [-0.3, -0.25) is 0 Å². The summed E-state index contributed by atoms with van der Waals surface area (Å²) in [7, 11) is -2.17. The van der Waals surface area contributed by atoms with Crippen LogP contribution in [0.15, 0.2) is 29.6 Å². The number of hydrogen-bond acceptors (Lipinski definition) is 6. The summed E-state index contributed by atoms with van der Waals surface area (Å²) in [5.41, 5.74) is -1.03. The minimum absolute atomic E-state index is 0.525. The van der Waals surface area contributed by atoms with Crippen molar-refractivity contribution in [2.75, 3.05) is 0 Å². The van der Waals surface area contributed by atoms with Crippen molar-refractivity contribution in [2.45, 2.75) is 45.3 Å². The Kier molecular flexibility index (Phi) is 6.92. The molecule has 6 nitrogen and oxygen atoms in total. The van der Waals surface area contributed by atoms with E-state index in [1.807, 2.05) is 25.9 Å². The minimum atomic E-state index is -2.17. The minimum Gasteiger partial charge on any atom is -0.485 e. The first kappa shape index (κ1) is 18.6. The molecular formula is C13H21BO6. The van der Waals surface area contributed by atoms with Crippen LogP contribution in [0.4, 0.5) is 0 Å². The monoisotopic (exact) mass is 284 g/mol. The zero-order valence-corrected chi connectivity index (χ0v) is 12.1. The van der Waals surface area contributed by atoms with Gasteiger partial charge >= 0.3 is 7.32 Å². The summed E-state index contributed by atoms with van der Waals surface area (Å²) >= 11 is 0. The van der Waals surface area contributed by atoms with Gasteiger partial charge in [0.25, 0.3) is 0 Å². The molecule has 112 valence electrons. The van der Waals surface area contributed by atoms with Crippen LogP contribution in [0.25, 0.3) is 0 Å². The molecule has 0 fully saturated rings. The summed E-state index contributed by atoms with van der Waals surface area (Å²) < 4.78 is 5.72. The van der Waals surface area contributed by atoms with Crippen LogP contribution in [-0.4, -0.2) is 44.6 Å². The van der Waals surface area contributed by atoms with Gasteiger partial charge in [-0.15, -0.1) is 0 Å². The van der Waals surface area contributed by atoms with E-state index < -0.39 is 18.5 Å². The van der Waals surface area contributed by atoms with Crippen molar-refractivity contribution in [1.82, 2.24) is 0 Å². The molecule has 0 amide bonds. The molecule has 0 bridgehead atoms. The predicted octanol–water partition coefficient (Wildman–Crippen LogP) is 0.102. The Labute approximate surface area is 118 Å². The molecule has 0 aromatic heterocycles. The Hall–Kier alpha value is -1.37. The molecule has 0 saturated heterocycles. The van der Waals surface area contributed by atoms with Gasteiger partial charge in [0.05, 0.1) is 5.60 Å². The second-order valence-electron chi connectivity index (χ2n) is 5.29. The number of aliphatic hydroxyl groups is 1. The Morgan fingerprint density at radius 1 is 1.20 bits per heavy atom. The average molecular weight is 284 g/mol. The average Bonchev–Trinajstić information content (AvgIpc) is 2.27. The zero-order chi connectivity index (χ0) is 16.0. The van der Waals surface area contributed by atoms with Crippen LogP contribution >= 0.6 is 0 Å². The first-order chi connectivity index (χ1) is 8.99. The first-order valence-electron chi connectivity index (χ1n) is 6.07. The highest BCUT2D eigenvalue weighted by molar-refractivity contribution is 6.30. The van der Waals surface area contributed by atoms with E-state index in [2.05, 4.69) is 0 Å². The lowest BCUT2D eigenvalue weighted by Gasteiger charge is -2.38. The fraction of sp³-hybridized carbons (Fsp3) is 0.538. The summed E-state index contributed by atoms with van der Waals surface area (Å²) in [6.45, 7) is 7.06. The molecule has 0 heterocycles. The summed E-state index contributed by atoms with van der Waals surface area (Å²) in [6.07, 6.45) is 5.74. The SMILES string of the molecule is CC(C)(O)C(C)(C)OC1=CCC(=C=O)C=C1.OB(O)O. The van der Waals surface area contributed by atoms with Gasteiger partial charge in [0.2, 0.25) is 0 Å². The Morgan fingerprint density at radius 2 is 1.70 bits per heavy atom. The van der Waals surface area contributed by atoms with E-state index in [1.54, 1.807) is 26.0 Å². The number of ether oxygens (including phenoxy) is 1. The van der Waals surface area contributed by atoms with Crippen molar-refractivity contribution in [3.8, 4) is 0 Å². The van der Waals surface area contributed by atoms with Crippen LogP contribution in [0.1, 0.15) is 34.1 Å². The highest BCUT2D eigenvalue weighted by Crippen LogP contribution is 2.29. The van der Waals surface area contributed by atoms with Crippen molar-refractivity contribution in [3.05, 3.63) is 29.6 Å². The lowest BCUT2D eigenvalue weighted by Crippen LogP contribution is -2.47. The van der Waals surface area contributed by atoms with Crippen molar-refractivity contribution in [2.24, 2.45) is 0 Å². The van der Waals surface area contributed by atoms with Gasteiger partial charge in [-0.05, 0) is 45.9 Å². The highest BCUT2D eigenvalue weighted by atomic mass is 16.5. The Balaban J connectivity index is 0.000000796. The predicted molar refractivity (Wildman–Crippen MR) is 74.9 cm³/mol. The highest BCUT2D eigenvalue weighted by Gasteiger charge is 2.37. The van der Waals surface area contributed by atoms with Gasteiger partial charge in [0.1, 0.15) is 17.3 Å². The molecule has 1 aliphatic carbocycles. The number of allylic oxidation sites excluding steroid dienone is 4. The molecule has 0 aromatic carbocycles. The van der Waals surface area contributed by atoms with E-state index in [0.29, 0.717) is 17.8 Å². The fourth-order valence-electron chi connectivity index (χ4n) is 1.10. The summed E-state index contributed by atoms with van der Waals surface area (Å²) in [5.74, 6) is 2.52. The van der Waals surface area contributed by atoms with Gasteiger partial charge in [-0.1, -0.05) is 0 Å². The van der Waals surface area contributed by atoms with Crippen molar-refractivity contribution < 1.29 is 29.7 Å². The van der Waals surface area contributed by atoms with E-state index in [1.165, 1.54) is 0 Å². The van der Waals surface area contributed by atoms with Crippen LogP contribution in [-0.2, 0) is 9.53 Å². The molecule has 0 aliphatic heterocycles. The summed E-state index contributed by atoms with van der Waals surface area (Å²) in [5, 5.41) is 31.4. The second kappa shape index (κ2) is 7.43. The molecule has 7 heteroatoms. The molecule has 0 aromatic rings. The number of carbonyl (C=O) groups excluding carboxylic acids is 1. The molecule has 0 radical (unpaired) electrons. The third-order valence-electron chi connectivity index (χ3n) is 2.95. The maximum Gasteiger partial charge on any atom is 0.631 e. The van der Waals surface area contributed by atoms with Crippen LogP contribution in [0.3, 0.4) is 0 Å². The van der Waals surface area contributed by atoms with E-state index in [4.69, 9.17) is 19.8 Å². The molecule has 0 atom stereocenters. The molecule has 1 aliphatic rings. The largest absolute Gasteiger partial charge is 0.631 e. The van der Waals surface area contributed by atoms with Crippen LogP contribution in [0.5, 0.6) is 0 Å². The normalized spacial score (nSPS) is 14.8. The van der Waals surface area contributed by atoms with Crippen LogP contribution in [0.2, 0.25) is 0 Å². The van der Waals surface area contributed by atoms with Crippen LogP contribution < -0.4 is 0 Å². The lowest BCUT2D eigenvalue weighted by atomic mass is 9.89. The maximum absolute atomic E-state index is 10.4. The van der Waals surface area contributed by atoms with E-state index in [9.17, 15) is 9.90 Å². The van der Waals surface area contributed by atoms with Gasteiger partial charge < -0.3 is 24.9 Å². The second-order valence-corrected chi connectivity index (χ2v) is 5.29. The van der Waals surface area contributed by atoms with Gasteiger partial charge in [-0.2, -0.15) is 0 Å². The fourth-order valence-corrected chi connectivity index (χ4v) is 1.10.